The van der Waals surface area contributed by atoms with Crippen molar-refractivity contribution in [3.8, 4) is 45.3 Å². The maximum absolute atomic E-state index is 6.36. The van der Waals surface area contributed by atoms with Crippen LogP contribution in [0.15, 0.2) is 144 Å². The van der Waals surface area contributed by atoms with E-state index in [9.17, 15) is 0 Å². The molecule has 0 aliphatic rings. The Balaban J connectivity index is 1.17. The van der Waals surface area contributed by atoms with Crippen LogP contribution in [0.2, 0.25) is 0 Å². The molecule has 0 fully saturated rings. The number of H-pyrrole nitrogens is 1. The van der Waals surface area contributed by atoms with Gasteiger partial charge in [0, 0.05) is 38.4 Å². The average molecular weight is 565 g/mol. The Hall–Kier alpha value is -6.07. The van der Waals surface area contributed by atoms with Gasteiger partial charge in [0.1, 0.15) is 11.2 Å². The largest absolute Gasteiger partial charge is 0.455 e. The zero-order valence-electron chi connectivity index (χ0n) is 23.5. The summed E-state index contributed by atoms with van der Waals surface area (Å²) in [5.41, 5.74) is 8.97. The van der Waals surface area contributed by atoms with E-state index in [1.54, 1.807) is 0 Å². The molecule has 3 heterocycles. The number of rotatable bonds is 4. The molecule has 0 amide bonds. The second kappa shape index (κ2) is 9.75. The lowest BCUT2D eigenvalue weighted by Gasteiger charge is -2.09. The van der Waals surface area contributed by atoms with Crippen LogP contribution in [-0.4, -0.2) is 19.9 Å². The fourth-order valence-corrected chi connectivity index (χ4v) is 6.13. The van der Waals surface area contributed by atoms with Gasteiger partial charge >= 0.3 is 0 Å². The Labute approximate surface area is 252 Å². The van der Waals surface area contributed by atoms with Crippen LogP contribution in [0.5, 0.6) is 0 Å². The molecule has 0 spiro atoms. The number of para-hydroxylation sites is 1. The predicted molar refractivity (Wildman–Crippen MR) is 178 cm³/mol. The van der Waals surface area contributed by atoms with Crippen LogP contribution in [0.3, 0.4) is 0 Å². The SMILES string of the molecule is c1ccc(-c2nc(-c3ccccc3)nc(-c3cccc(-c4ccc5c(c4)[nH]c4ccc6c7ccccc7oc6c45)c3)n2)cc1. The van der Waals surface area contributed by atoms with Gasteiger partial charge in [0.05, 0.1) is 10.9 Å². The molecule has 44 heavy (non-hydrogen) atoms. The molecule has 0 unspecified atom stereocenters. The highest BCUT2D eigenvalue weighted by atomic mass is 16.3. The van der Waals surface area contributed by atoms with Crippen molar-refractivity contribution in [2.75, 3.05) is 0 Å². The van der Waals surface area contributed by atoms with E-state index in [1.807, 2.05) is 72.8 Å². The molecular formula is C39H24N4O. The molecule has 5 nitrogen and oxygen atoms in total. The van der Waals surface area contributed by atoms with E-state index in [1.165, 1.54) is 0 Å². The zero-order chi connectivity index (χ0) is 29.0. The Morgan fingerprint density at radius 1 is 0.409 bits per heavy atom. The standard InChI is InChI=1S/C39H24N4O/c1-3-10-24(11-4-1)37-41-38(25-12-5-2-6-13-25)43-39(42-37)28-15-9-14-26(22-28)27-18-19-31-33(23-27)40-32-21-20-30-29-16-7-8-17-34(29)44-36(30)35(31)32/h1-23,40H. The minimum atomic E-state index is 0.638. The van der Waals surface area contributed by atoms with Crippen LogP contribution in [0.25, 0.3) is 89.0 Å². The minimum Gasteiger partial charge on any atom is -0.455 e. The van der Waals surface area contributed by atoms with Crippen LogP contribution in [0.1, 0.15) is 0 Å². The van der Waals surface area contributed by atoms with Crippen molar-refractivity contribution < 1.29 is 4.42 Å². The van der Waals surface area contributed by atoms with E-state index in [-0.39, 0.29) is 0 Å². The van der Waals surface area contributed by atoms with E-state index in [2.05, 4.69) is 71.7 Å². The topological polar surface area (TPSA) is 67.6 Å². The molecule has 9 rings (SSSR count). The number of aromatic nitrogens is 4. The van der Waals surface area contributed by atoms with E-state index in [0.717, 1.165) is 71.6 Å². The number of fused-ring (bicyclic) bond motifs is 7. The molecule has 0 saturated carbocycles. The fraction of sp³-hybridized carbons (Fsp3) is 0. The molecule has 3 aromatic heterocycles. The van der Waals surface area contributed by atoms with Crippen LogP contribution in [-0.2, 0) is 0 Å². The highest BCUT2D eigenvalue weighted by Crippen LogP contribution is 2.39. The van der Waals surface area contributed by atoms with Gasteiger partial charge in [0.2, 0.25) is 0 Å². The number of aromatic amines is 1. The molecule has 0 aliphatic carbocycles. The molecule has 206 valence electrons. The normalized spacial score (nSPS) is 11.6. The Morgan fingerprint density at radius 3 is 1.75 bits per heavy atom. The average Bonchev–Trinajstić information content (AvgIpc) is 3.67. The smallest absolute Gasteiger partial charge is 0.164 e. The summed E-state index contributed by atoms with van der Waals surface area (Å²) in [4.78, 5) is 18.3. The van der Waals surface area contributed by atoms with Crippen LogP contribution in [0.4, 0.5) is 0 Å². The van der Waals surface area contributed by atoms with Gasteiger partial charge < -0.3 is 9.40 Å². The highest BCUT2D eigenvalue weighted by Gasteiger charge is 2.16. The molecule has 0 radical (unpaired) electrons. The van der Waals surface area contributed by atoms with Crippen molar-refractivity contribution in [1.29, 1.82) is 0 Å². The van der Waals surface area contributed by atoms with E-state index >= 15 is 0 Å². The summed E-state index contributed by atoms with van der Waals surface area (Å²) >= 11 is 0. The van der Waals surface area contributed by atoms with Crippen molar-refractivity contribution in [2.24, 2.45) is 0 Å². The summed E-state index contributed by atoms with van der Waals surface area (Å²) < 4.78 is 6.36. The number of furan rings is 1. The number of nitrogens with one attached hydrogen (secondary N) is 1. The highest BCUT2D eigenvalue weighted by molar-refractivity contribution is 6.23. The van der Waals surface area contributed by atoms with Crippen LogP contribution < -0.4 is 0 Å². The van der Waals surface area contributed by atoms with Gasteiger partial charge in [-0.15, -0.1) is 0 Å². The Bertz CT molecular complexity index is 2440. The monoisotopic (exact) mass is 564 g/mol. The van der Waals surface area contributed by atoms with E-state index in [4.69, 9.17) is 19.4 Å². The minimum absolute atomic E-state index is 0.638. The van der Waals surface area contributed by atoms with Gasteiger partial charge in [-0.05, 0) is 41.5 Å². The number of nitrogens with zero attached hydrogens (tertiary/aromatic N) is 3. The molecule has 0 atom stereocenters. The fourth-order valence-electron chi connectivity index (χ4n) is 6.13. The van der Waals surface area contributed by atoms with E-state index in [0.29, 0.717) is 17.5 Å². The van der Waals surface area contributed by atoms with Crippen molar-refractivity contribution >= 4 is 43.7 Å². The number of hydrogen-bond donors (Lipinski definition) is 1. The summed E-state index contributed by atoms with van der Waals surface area (Å²) in [6, 6.07) is 47.6. The van der Waals surface area contributed by atoms with Gasteiger partial charge in [0.25, 0.3) is 0 Å². The van der Waals surface area contributed by atoms with Gasteiger partial charge in [-0.2, -0.15) is 0 Å². The second-order valence-electron chi connectivity index (χ2n) is 11.0. The first kappa shape index (κ1) is 24.5. The molecule has 0 bridgehead atoms. The number of benzene rings is 6. The summed E-state index contributed by atoms with van der Waals surface area (Å²) in [5, 5.41) is 4.52. The summed E-state index contributed by atoms with van der Waals surface area (Å²) in [7, 11) is 0. The molecule has 6 aromatic carbocycles. The lowest BCUT2D eigenvalue weighted by molar-refractivity contribution is 0.673. The zero-order valence-corrected chi connectivity index (χ0v) is 23.5. The Morgan fingerprint density at radius 2 is 1.00 bits per heavy atom. The molecule has 0 aliphatic heterocycles. The van der Waals surface area contributed by atoms with E-state index < -0.39 is 0 Å². The lowest BCUT2D eigenvalue weighted by atomic mass is 10.0. The first-order chi connectivity index (χ1) is 21.8. The number of hydrogen-bond acceptors (Lipinski definition) is 4. The van der Waals surface area contributed by atoms with Gasteiger partial charge in [-0.1, -0.05) is 109 Å². The molecule has 9 aromatic rings. The summed E-state index contributed by atoms with van der Waals surface area (Å²) in [6.07, 6.45) is 0. The third kappa shape index (κ3) is 3.98. The van der Waals surface area contributed by atoms with Crippen molar-refractivity contribution in [3.05, 3.63) is 140 Å². The van der Waals surface area contributed by atoms with Gasteiger partial charge in [-0.25, -0.2) is 15.0 Å². The lowest BCUT2D eigenvalue weighted by Crippen LogP contribution is -2.00. The Kier molecular flexibility index (Phi) is 5.43. The quantitative estimate of drug-likeness (QED) is 0.231. The molecule has 5 heteroatoms. The first-order valence-corrected chi connectivity index (χ1v) is 14.6. The first-order valence-electron chi connectivity index (χ1n) is 14.6. The molecule has 0 saturated heterocycles. The molecule has 1 N–H and O–H groups in total. The predicted octanol–water partition coefficient (Wildman–Crippen LogP) is 10.1. The van der Waals surface area contributed by atoms with Crippen LogP contribution in [0, 0.1) is 0 Å². The van der Waals surface area contributed by atoms with Gasteiger partial charge in [-0.3, -0.25) is 0 Å². The second-order valence-corrected chi connectivity index (χ2v) is 11.0. The van der Waals surface area contributed by atoms with Crippen molar-refractivity contribution in [2.45, 2.75) is 0 Å². The molecular weight excluding hydrogens is 540 g/mol. The third-order valence-corrected chi connectivity index (χ3v) is 8.26. The summed E-state index contributed by atoms with van der Waals surface area (Å²) in [5.74, 6) is 1.94. The third-order valence-electron chi connectivity index (χ3n) is 8.26. The maximum atomic E-state index is 6.36. The maximum Gasteiger partial charge on any atom is 0.164 e. The summed E-state index contributed by atoms with van der Waals surface area (Å²) in [6.45, 7) is 0. The van der Waals surface area contributed by atoms with Crippen molar-refractivity contribution in [1.82, 2.24) is 19.9 Å². The van der Waals surface area contributed by atoms with Crippen molar-refractivity contribution in [3.63, 3.8) is 0 Å². The van der Waals surface area contributed by atoms with Crippen LogP contribution >= 0.6 is 0 Å². The van der Waals surface area contributed by atoms with Gasteiger partial charge in [0.15, 0.2) is 17.5 Å².